The van der Waals surface area contributed by atoms with Crippen LogP contribution in [-0.4, -0.2) is 73.5 Å². The lowest BCUT2D eigenvalue weighted by Gasteiger charge is -2.39. The summed E-state index contributed by atoms with van der Waals surface area (Å²) in [6.45, 7) is 8.62. The van der Waals surface area contributed by atoms with E-state index >= 15 is 0 Å². The molecule has 2 atom stereocenters. The lowest BCUT2D eigenvalue weighted by atomic mass is 9.76. The molecule has 0 unspecified atom stereocenters. The summed E-state index contributed by atoms with van der Waals surface area (Å²) in [6, 6.07) is 19.3. The Morgan fingerprint density at radius 3 is 2.28 bits per heavy atom. The second-order valence-corrected chi connectivity index (χ2v) is 11.8. The average Bonchev–Trinajstić information content (AvgIpc) is 3.58. The van der Waals surface area contributed by atoms with Crippen molar-refractivity contribution in [3.63, 3.8) is 0 Å². The van der Waals surface area contributed by atoms with Gasteiger partial charge in [0.1, 0.15) is 5.75 Å². The third-order valence-electron chi connectivity index (χ3n) is 9.40. The molecule has 1 aliphatic carbocycles. The fourth-order valence-electron chi connectivity index (χ4n) is 6.99. The molecule has 36 heavy (non-hydrogen) atoms. The molecular weight excluding hydrogens is 446 g/mol. The number of carbonyl (C=O) groups excluding carboxylic acids is 1. The third-order valence-corrected chi connectivity index (χ3v) is 9.40. The minimum atomic E-state index is -0.129. The summed E-state index contributed by atoms with van der Waals surface area (Å²) in [6.07, 6.45) is 5.89. The predicted octanol–water partition coefficient (Wildman–Crippen LogP) is 4.64. The van der Waals surface area contributed by atoms with Gasteiger partial charge in [0.05, 0.1) is 12.5 Å². The van der Waals surface area contributed by atoms with Crippen molar-refractivity contribution in [2.75, 3.05) is 52.9 Å². The minimum absolute atomic E-state index is 0.129. The maximum atomic E-state index is 13.5. The summed E-state index contributed by atoms with van der Waals surface area (Å²) in [5.41, 5.74) is 2.56. The Balaban J connectivity index is 1.05. The third kappa shape index (κ3) is 5.05. The van der Waals surface area contributed by atoms with E-state index in [9.17, 15) is 4.79 Å². The summed E-state index contributed by atoms with van der Waals surface area (Å²) in [5.74, 6) is 3.52. The molecule has 5 heteroatoms. The van der Waals surface area contributed by atoms with Crippen molar-refractivity contribution < 1.29 is 9.53 Å². The van der Waals surface area contributed by atoms with Gasteiger partial charge in [0.15, 0.2) is 0 Å². The minimum Gasteiger partial charge on any atom is -0.497 e. The molecule has 1 saturated carbocycles. The van der Waals surface area contributed by atoms with Crippen LogP contribution in [0.5, 0.6) is 5.75 Å². The summed E-state index contributed by atoms with van der Waals surface area (Å²) in [5, 5.41) is 0. The van der Waals surface area contributed by atoms with Crippen LogP contribution in [0.4, 0.5) is 0 Å². The zero-order chi connectivity index (χ0) is 24.5. The Kier molecular flexibility index (Phi) is 6.78. The quantitative estimate of drug-likeness (QED) is 0.544. The van der Waals surface area contributed by atoms with Gasteiger partial charge in [0, 0.05) is 45.2 Å². The first-order valence-corrected chi connectivity index (χ1v) is 14.0. The highest BCUT2D eigenvalue weighted by Crippen LogP contribution is 2.43. The van der Waals surface area contributed by atoms with Gasteiger partial charge in [0.25, 0.3) is 0 Å². The van der Waals surface area contributed by atoms with E-state index in [0.29, 0.717) is 24.3 Å². The normalized spacial score (nSPS) is 26.7. The van der Waals surface area contributed by atoms with Gasteiger partial charge in [-0.3, -0.25) is 4.79 Å². The molecule has 5 nitrogen and oxygen atoms in total. The number of ether oxygens (including phenoxy) is 1. The summed E-state index contributed by atoms with van der Waals surface area (Å²) in [4.78, 5) is 21.0. The van der Waals surface area contributed by atoms with E-state index in [1.165, 1.54) is 50.1 Å². The Bertz CT molecular complexity index is 1030. The number of benzene rings is 2. The number of carbonyl (C=O) groups is 1. The van der Waals surface area contributed by atoms with Crippen LogP contribution in [0, 0.1) is 17.3 Å². The molecule has 3 heterocycles. The highest BCUT2D eigenvalue weighted by molar-refractivity contribution is 5.85. The smallest absolute Gasteiger partial charge is 0.229 e. The SMILES string of the molecule is COc1ccc(CN2CCC3(CCN(C[C@H]4CN(CC5CC5)C[C@@H]4c4ccccc4)CC3)C2=O)cc1. The lowest BCUT2D eigenvalue weighted by molar-refractivity contribution is -0.139. The fourth-order valence-corrected chi connectivity index (χ4v) is 6.99. The maximum Gasteiger partial charge on any atom is 0.229 e. The van der Waals surface area contributed by atoms with Crippen LogP contribution in [0.15, 0.2) is 54.6 Å². The van der Waals surface area contributed by atoms with Crippen molar-refractivity contribution in [1.29, 1.82) is 0 Å². The summed E-state index contributed by atoms with van der Waals surface area (Å²) >= 11 is 0. The highest BCUT2D eigenvalue weighted by atomic mass is 16.5. The molecule has 3 aliphatic heterocycles. The Labute approximate surface area is 216 Å². The van der Waals surface area contributed by atoms with Crippen LogP contribution in [0.25, 0.3) is 0 Å². The van der Waals surface area contributed by atoms with E-state index in [2.05, 4.69) is 57.2 Å². The van der Waals surface area contributed by atoms with Gasteiger partial charge in [-0.25, -0.2) is 0 Å². The Morgan fingerprint density at radius 1 is 0.861 bits per heavy atom. The van der Waals surface area contributed by atoms with Crippen LogP contribution in [0.1, 0.15) is 49.1 Å². The molecule has 2 aromatic carbocycles. The zero-order valence-electron chi connectivity index (χ0n) is 21.8. The van der Waals surface area contributed by atoms with Crippen molar-refractivity contribution in [2.24, 2.45) is 17.3 Å². The second kappa shape index (κ2) is 10.2. The monoisotopic (exact) mass is 487 g/mol. The van der Waals surface area contributed by atoms with Gasteiger partial charge >= 0.3 is 0 Å². The molecule has 0 bridgehead atoms. The topological polar surface area (TPSA) is 36.0 Å². The number of piperidine rings is 1. The van der Waals surface area contributed by atoms with Crippen LogP contribution in [0.3, 0.4) is 0 Å². The second-order valence-electron chi connectivity index (χ2n) is 11.8. The summed E-state index contributed by atoms with van der Waals surface area (Å²) < 4.78 is 5.28. The first-order chi connectivity index (χ1) is 17.6. The lowest BCUT2D eigenvalue weighted by Crippen LogP contribution is -2.46. The number of amides is 1. The highest BCUT2D eigenvalue weighted by Gasteiger charge is 2.48. The first kappa shape index (κ1) is 24.0. The molecule has 1 amide bonds. The average molecular weight is 488 g/mol. The van der Waals surface area contributed by atoms with E-state index in [0.717, 1.165) is 50.6 Å². The molecule has 0 aromatic heterocycles. The van der Waals surface area contributed by atoms with E-state index in [4.69, 9.17) is 4.74 Å². The van der Waals surface area contributed by atoms with Crippen molar-refractivity contribution in [2.45, 2.75) is 44.6 Å². The van der Waals surface area contributed by atoms with E-state index < -0.39 is 0 Å². The van der Waals surface area contributed by atoms with Gasteiger partial charge in [-0.15, -0.1) is 0 Å². The Hall–Kier alpha value is -2.37. The molecule has 0 N–H and O–H groups in total. The van der Waals surface area contributed by atoms with Crippen molar-refractivity contribution >= 4 is 5.91 Å². The molecule has 4 aliphatic rings. The van der Waals surface area contributed by atoms with Crippen LogP contribution in [0.2, 0.25) is 0 Å². The number of rotatable bonds is 8. The first-order valence-electron chi connectivity index (χ1n) is 14.0. The number of likely N-dealkylation sites (tertiary alicyclic amines) is 3. The Morgan fingerprint density at radius 2 is 1.58 bits per heavy atom. The number of methoxy groups -OCH3 is 1. The van der Waals surface area contributed by atoms with Gasteiger partial charge in [-0.2, -0.15) is 0 Å². The fraction of sp³-hybridized carbons (Fsp3) is 0.581. The number of hydrogen-bond donors (Lipinski definition) is 0. The van der Waals surface area contributed by atoms with Crippen molar-refractivity contribution in [3.8, 4) is 5.75 Å². The van der Waals surface area contributed by atoms with Crippen LogP contribution < -0.4 is 4.74 Å². The number of hydrogen-bond acceptors (Lipinski definition) is 4. The number of nitrogens with zero attached hydrogens (tertiary/aromatic N) is 3. The van der Waals surface area contributed by atoms with Crippen molar-refractivity contribution in [1.82, 2.24) is 14.7 Å². The molecule has 6 rings (SSSR count). The van der Waals surface area contributed by atoms with Gasteiger partial charge in [-0.05, 0) is 80.3 Å². The van der Waals surface area contributed by atoms with Crippen LogP contribution in [-0.2, 0) is 11.3 Å². The van der Waals surface area contributed by atoms with E-state index in [-0.39, 0.29) is 5.41 Å². The predicted molar refractivity (Wildman–Crippen MR) is 143 cm³/mol. The molecule has 1 spiro atoms. The maximum absolute atomic E-state index is 13.5. The largest absolute Gasteiger partial charge is 0.497 e. The zero-order valence-corrected chi connectivity index (χ0v) is 21.8. The van der Waals surface area contributed by atoms with Gasteiger partial charge < -0.3 is 19.4 Å². The molecule has 192 valence electrons. The summed E-state index contributed by atoms with van der Waals surface area (Å²) in [7, 11) is 1.69. The van der Waals surface area contributed by atoms with E-state index in [1.807, 2.05) is 12.1 Å². The molecule has 4 fully saturated rings. The van der Waals surface area contributed by atoms with E-state index in [1.54, 1.807) is 7.11 Å². The standard InChI is InChI=1S/C31H41N3O2/c1-36-28-11-9-25(10-12-28)20-34-18-15-31(30(34)35)13-16-32(17-14-31)21-27-22-33(19-24-7-8-24)23-29(27)26-5-3-2-4-6-26/h2-6,9-12,24,27,29H,7-8,13-23H2,1H3/t27-,29+/m0/s1. The van der Waals surface area contributed by atoms with Gasteiger partial charge in [-0.1, -0.05) is 42.5 Å². The van der Waals surface area contributed by atoms with Gasteiger partial charge in [0.2, 0.25) is 5.91 Å². The molecule has 2 aromatic rings. The molecule has 3 saturated heterocycles. The van der Waals surface area contributed by atoms with Crippen LogP contribution >= 0.6 is 0 Å². The molecule has 0 radical (unpaired) electrons. The molecular formula is C31H41N3O2. The van der Waals surface area contributed by atoms with Crippen molar-refractivity contribution in [3.05, 3.63) is 65.7 Å².